The van der Waals surface area contributed by atoms with Gasteiger partial charge in [0.1, 0.15) is 0 Å². The van der Waals surface area contributed by atoms with Gasteiger partial charge in [-0.25, -0.2) is 4.79 Å². The number of carbonyl (C=O) groups is 1. The molecular formula is C4H5IO2. The Bertz CT molecular complexity index is 97.9. The molecule has 0 heterocycles. The molecule has 0 aliphatic heterocycles. The van der Waals surface area contributed by atoms with E-state index in [1.807, 2.05) is 22.6 Å². The van der Waals surface area contributed by atoms with Gasteiger partial charge in [-0.3, -0.25) is 0 Å². The van der Waals surface area contributed by atoms with Crippen LogP contribution in [-0.4, -0.2) is 15.5 Å². The molecule has 2 nitrogen and oxygen atoms in total. The highest BCUT2D eigenvalue weighted by atomic mass is 127. The molecule has 0 unspecified atom stereocenters. The molecule has 0 aromatic carbocycles. The minimum atomic E-state index is -0.908. The highest BCUT2D eigenvalue weighted by Gasteiger charge is 1.97. The summed E-state index contributed by atoms with van der Waals surface area (Å²) in [6, 6.07) is 0. The van der Waals surface area contributed by atoms with Crippen LogP contribution in [0.1, 0.15) is 0 Å². The first-order valence-corrected chi connectivity index (χ1v) is 3.18. The highest BCUT2D eigenvalue weighted by Crippen LogP contribution is 1.94. The molecule has 0 aromatic rings. The molecule has 0 fully saturated rings. The summed E-state index contributed by atoms with van der Waals surface area (Å²) in [5, 5.41) is 8.08. The zero-order valence-electron chi connectivity index (χ0n) is 3.65. The summed E-state index contributed by atoms with van der Waals surface area (Å²) in [4.78, 5) is 9.83. The average Bonchev–Trinajstić information content (AvgIpc) is 1.65. The second kappa shape index (κ2) is 3.01. The fourth-order valence-corrected chi connectivity index (χ4v) is 0.383. The predicted molar refractivity (Wildman–Crippen MR) is 35.7 cm³/mol. The number of halogens is 1. The van der Waals surface area contributed by atoms with Gasteiger partial charge in [-0.2, -0.15) is 0 Å². The molecule has 7 heavy (non-hydrogen) atoms. The van der Waals surface area contributed by atoms with Gasteiger partial charge in [0, 0.05) is 10.0 Å². The highest BCUT2D eigenvalue weighted by molar-refractivity contribution is 14.1. The van der Waals surface area contributed by atoms with Gasteiger partial charge in [0.2, 0.25) is 0 Å². The number of aliphatic carboxylic acids is 1. The van der Waals surface area contributed by atoms with Crippen molar-refractivity contribution in [2.24, 2.45) is 0 Å². The first-order chi connectivity index (χ1) is 3.18. The van der Waals surface area contributed by atoms with Crippen LogP contribution in [0.4, 0.5) is 0 Å². The molecule has 0 saturated carbocycles. The largest absolute Gasteiger partial charge is 0.478 e. The predicted octanol–water partition coefficient (Wildman–Crippen LogP) is 1.06. The molecule has 0 aromatic heterocycles. The summed E-state index contributed by atoms with van der Waals surface area (Å²) >= 11 is 1.95. The van der Waals surface area contributed by atoms with E-state index in [1.165, 1.54) is 0 Å². The average molecular weight is 212 g/mol. The molecule has 0 atom stereocenters. The van der Waals surface area contributed by atoms with Gasteiger partial charge in [0.15, 0.2) is 0 Å². The van der Waals surface area contributed by atoms with Crippen molar-refractivity contribution in [2.45, 2.75) is 0 Å². The van der Waals surface area contributed by atoms with E-state index < -0.39 is 5.97 Å². The van der Waals surface area contributed by atoms with Crippen molar-refractivity contribution in [3.05, 3.63) is 12.2 Å². The molecule has 0 aliphatic rings. The minimum absolute atomic E-state index is 0.251. The summed E-state index contributed by atoms with van der Waals surface area (Å²) in [5.74, 6) is -0.908. The van der Waals surface area contributed by atoms with E-state index in [0.717, 1.165) is 0 Å². The number of carboxylic acids is 1. The molecule has 0 aliphatic carbocycles. The smallest absolute Gasteiger partial charge is 0.331 e. The third kappa shape index (κ3) is 2.61. The van der Waals surface area contributed by atoms with Crippen molar-refractivity contribution in [3.8, 4) is 0 Å². The molecule has 0 amide bonds. The van der Waals surface area contributed by atoms with Crippen LogP contribution in [-0.2, 0) is 4.79 Å². The van der Waals surface area contributed by atoms with E-state index in [2.05, 4.69) is 6.58 Å². The monoisotopic (exact) mass is 212 g/mol. The number of alkyl halides is 1. The molecule has 0 spiro atoms. The first kappa shape index (κ1) is 6.94. The lowest BCUT2D eigenvalue weighted by atomic mass is 10.4. The third-order valence-corrected chi connectivity index (χ3v) is 1.38. The maximum absolute atomic E-state index is 9.83. The fourth-order valence-electron chi connectivity index (χ4n) is 0.0572. The Morgan fingerprint density at radius 1 is 1.86 bits per heavy atom. The Balaban J connectivity index is 3.58. The second-order valence-corrected chi connectivity index (χ2v) is 1.81. The Labute approximate surface area is 55.4 Å². The molecule has 40 valence electrons. The molecule has 0 rings (SSSR count). The standard InChI is InChI=1S/C4H5IO2/c1-3(2-5)4(6)7/h1-2H2,(H,6,7). The molecular weight excluding hydrogens is 207 g/mol. The molecule has 3 heteroatoms. The van der Waals surface area contributed by atoms with Gasteiger partial charge in [-0.1, -0.05) is 29.2 Å². The van der Waals surface area contributed by atoms with Crippen LogP contribution in [0.15, 0.2) is 12.2 Å². The van der Waals surface area contributed by atoms with Gasteiger partial charge in [-0.05, 0) is 0 Å². The Hall–Kier alpha value is -0.0600. The van der Waals surface area contributed by atoms with Crippen LogP contribution in [0.5, 0.6) is 0 Å². The number of hydrogen-bond acceptors (Lipinski definition) is 1. The summed E-state index contributed by atoms with van der Waals surface area (Å²) in [5.41, 5.74) is 0.251. The van der Waals surface area contributed by atoms with Crippen LogP contribution < -0.4 is 0 Å². The van der Waals surface area contributed by atoms with Crippen LogP contribution in [0.25, 0.3) is 0 Å². The molecule has 0 radical (unpaired) electrons. The van der Waals surface area contributed by atoms with E-state index in [9.17, 15) is 4.79 Å². The maximum Gasteiger partial charge on any atom is 0.331 e. The summed E-state index contributed by atoms with van der Waals surface area (Å²) in [6.45, 7) is 3.27. The Kier molecular flexibility index (Phi) is 2.98. The van der Waals surface area contributed by atoms with Gasteiger partial charge in [0.25, 0.3) is 0 Å². The quantitative estimate of drug-likeness (QED) is 0.422. The van der Waals surface area contributed by atoms with Crippen molar-refractivity contribution in [3.63, 3.8) is 0 Å². The van der Waals surface area contributed by atoms with Crippen LogP contribution in [0, 0.1) is 0 Å². The minimum Gasteiger partial charge on any atom is -0.478 e. The third-order valence-electron chi connectivity index (χ3n) is 0.464. The second-order valence-electron chi connectivity index (χ2n) is 1.04. The SMILES string of the molecule is C=C(CI)C(=O)O. The summed E-state index contributed by atoms with van der Waals surface area (Å²) in [7, 11) is 0. The van der Waals surface area contributed by atoms with Gasteiger partial charge in [-0.15, -0.1) is 0 Å². The van der Waals surface area contributed by atoms with E-state index in [-0.39, 0.29) is 5.57 Å². The van der Waals surface area contributed by atoms with Crippen LogP contribution in [0.3, 0.4) is 0 Å². The van der Waals surface area contributed by atoms with E-state index in [0.29, 0.717) is 4.43 Å². The molecule has 0 saturated heterocycles. The van der Waals surface area contributed by atoms with Crippen LogP contribution >= 0.6 is 22.6 Å². The van der Waals surface area contributed by atoms with Crippen molar-refractivity contribution < 1.29 is 9.90 Å². The summed E-state index contributed by atoms with van der Waals surface area (Å²) < 4.78 is 0.493. The van der Waals surface area contributed by atoms with Crippen LogP contribution in [0.2, 0.25) is 0 Å². The number of carboxylic acid groups (broad SMARTS) is 1. The van der Waals surface area contributed by atoms with Crippen molar-refractivity contribution in [2.75, 3.05) is 4.43 Å². The van der Waals surface area contributed by atoms with Crippen molar-refractivity contribution >= 4 is 28.6 Å². The van der Waals surface area contributed by atoms with Gasteiger partial charge < -0.3 is 5.11 Å². The fraction of sp³-hybridized carbons (Fsp3) is 0.250. The Morgan fingerprint density at radius 2 is 2.29 bits per heavy atom. The Morgan fingerprint density at radius 3 is 2.29 bits per heavy atom. The zero-order valence-corrected chi connectivity index (χ0v) is 5.81. The topological polar surface area (TPSA) is 37.3 Å². The van der Waals surface area contributed by atoms with Gasteiger partial charge in [0.05, 0.1) is 0 Å². The maximum atomic E-state index is 9.83. The van der Waals surface area contributed by atoms with Gasteiger partial charge >= 0.3 is 5.97 Å². The lowest BCUT2D eigenvalue weighted by Crippen LogP contribution is -1.98. The first-order valence-electron chi connectivity index (χ1n) is 1.65. The summed E-state index contributed by atoms with van der Waals surface area (Å²) in [6.07, 6.45) is 0. The number of hydrogen-bond donors (Lipinski definition) is 1. The lowest BCUT2D eigenvalue weighted by Gasteiger charge is -1.86. The van der Waals surface area contributed by atoms with Crippen molar-refractivity contribution in [1.82, 2.24) is 0 Å². The van der Waals surface area contributed by atoms with E-state index in [4.69, 9.17) is 5.11 Å². The zero-order chi connectivity index (χ0) is 5.86. The molecule has 1 N–H and O–H groups in total. The molecule has 0 bridgehead atoms. The van der Waals surface area contributed by atoms with E-state index in [1.54, 1.807) is 0 Å². The number of rotatable bonds is 2. The lowest BCUT2D eigenvalue weighted by molar-refractivity contribution is -0.132. The normalized spacial score (nSPS) is 8.14. The van der Waals surface area contributed by atoms with Crippen molar-refractivity contribution in [1.29, 1.82) is 0 Å². The van der Waals surface area contributed by atoms with E-state index >= 15 is 0 Å².